The Hall–Kier alpha value is -0.970. The predicted molar refractivity (Wildman–Crippen MR) is 30.2 cm³/mol. The average Bonchev–Trinajstić information content (AvgIpc) is 1.67. The molecule has 8 heavy (non-hydrogen) atoms. The maximum absolute atomic E-state index is 9.99. The van der Waals surface area contributed by atoms with Gasteiger partial charge in [-0.1, -0.05) is 6.92 Å². The van der Waals surface area contributed by atoms with Gasteiger partial charge in [0.15, 0.2) is 0 Å². The molecule has 0 fully saturated rings. The van der Waals surface area contributed by atoms with Crippen molar-refractivity contribution in [1.29, 1.82) is 0 Å². The maximum atomic E-state index is 9.99. The van der Waals surface area contributed by atoms with Crippen LogP contribution >= 0.6 is 0 Å². The summed E-state index contributed by atoms with van der Waals surface area (Å²) in [5, 5.41) is 8.22. The standard InChI is InChI=1S/C6H8O2/c1-3-4-5(2)6(7)8/h1,5H,4H2,2H3,(H,7,8)/t5-/m1/s1. The van der Waals surface area contributed by atoms with Crippen molar-refractivity contribution >= 4 is 5.97 Å². The zero-order valence-electron chi connectivity index (χ0n) is 4.72. The van der Waals surface area contributed by atoms with E-state index in [1.54, 1.807) is 6.92 Å². The SMILES string of the molecule is C#CC[C@@H](C)C(=O)O. The first-order valence-electron chi connectivity index (χ1n) is 2.34. The van der Waals surface area contributed by atoms with Gasteiger partial charge in [0, 0.05) is 6.42 Å². The van der Waals surface area contributed by atoms with Crippen molar-refractivity contribution in [3.8, 4) is 12.3 Å². The third-order valence-corrected chi connectivity index (χ3v) is 0.846. The summed E-state index contributed by atoms with van der Waals surface area (Å²) in [7, 11) is 0. The Labute approximate surface area is 48.5 Å². The molecule has 0 aromatic rings. The molecule has 0 aromatic carbocycles. The highest BCUT2D eigenvalue weighted by Crippen LogP contribution is 1.97. The van der Waals surface area contributed by atoms with E-state index < -0.39 is 11.9 Å². The average molecular weight is 112 g/mol. The summed E-state index contributed by atoms with van der Waals surface area (Å²) in [6.45, 7) is 1.59. The molecular weight excluding hydrogens is 104 g/mol. The minimum atomic E-state index is -0.831. The molecule has 0 aliphatic carbocycles. The number of rotatable bonds is 2. The van der Waals surface area contributed by atoms with Crippen LogP contribution in [0.25, 0.3) is 0 Å². The second-order valence-corrected chi connectivity index (χ2v) is 1.65. The topological polar surface area (TPSA) is 37.3 Å². The van der Waals surface area contributed by atoms with Crippen molar-refractivity contribution in [3.63, 3.8) is 0 Å². The lowest BCUT2D eigenvalue weighted by atomic mass is 10.1. The molecule has 0 unspecified atom stereocenters. The minimum Gasteiger partial charge on any atom is -0.481 e. The molecule has 0 spiro atoms. The number of hydrogen-bond donors (Lipinski definition) is 1. The number of carboxylic acids is 1. The lowest BCUT2D eigenvalue weighted by Crippen LogP contribution is -2.07. The van der Waals surface area contributed by atoms with Gasteiger partial charge in [-0.2, -0.15) is 0 Å². The van der Waals surface area contributed by atoms with Gasteiger partial charge in [-0.3, -0.25) is 4.79 Å². The summed E-state index contributed by atoms with van der Waals surface area (Å²) in [6.07, 6.45) is 5.17. The number of terminal acetylenes is 1. The second-order valence-electron chi connectivity index (χ2n) is 1.65. The van der Waals surface area contributed by atoms with E-state index in [0.29, 0.717) is 6.42 Å². The fourth-order valence-corrected chi connectivity index (χ4v) is 0.264. The quantitative estimate of drug-likeness (QED) is 0.535. The van der Waals surface area contributed by atoms with E-state index in [9.17, 15) is 4.79 Å². The van der Waals surface area contributed by atoms with Crippen LogP contribution in [0.3, 0.4) is 0 Å². The van der Waals surface area contributed by atoms with Crippen LogP contribution in [0.4, 0.5) is 0 Å². The van der Waals surface area contributed by atoms with Gasteiger partial charge < -0.3 is 5.11 Å². The van der Waals surface area contributed by atoms with E-state index in [4.69, 9.17) is 11.5 Å². The summed E-state index contributed by atoms with van der Waals surface area (Å²) < 4.78 is 0. The van der Waals surface area contributed by atoms with Crippen molar-refractivity contribution in [2.75, 3.05) is 0 Å². The van der Waals surface area contributed by atoms with Gasteiger partial charge in [0.25, 0.3) is 0 Å². The Morgan fingerprint density at radius 1 is 2.00 bits per heavy atom. The Kier molecular flexibility index (Phi) is 2.71. The van der Waals surface area contributed by atoms with Gasteiger partial charge in [0.2, 0.25) is 0 Å². The van der Waals surface area contributed by atoms with Crippen molar-refractivity contribution < 1.29 is 9.90 Å². The third kappa shape index (κ3) is 2.25. The molecule has 1 atom stereocenters. The predicted octanol–water partition coefficient (Wildman–Crippen LogP) is 0.730. The fraction of sp³-hybridized carbons (Fsp3) is 0.500. The van der Waals surface area contributed by atoms with Crippen LogP contribution in [-0.4, -0.2) is 11.1 Å². The summed E-state index contributed by atoms with van der Waals surface area (Å²) in [5.74, 6) is 1.03. The fourth-order valence-electron chi connectivity index (χ4n) is 0.264. The van der Waals surface area contributed by atoms with Crippen LogP contribution in [0.15, 0.2) is 0 Å². The molecule has 2 heteroatoms. The monoisotopic (exact) mass is 112 g/mol. The van der Waals surface area contributed by atoms with Gasteiger partial charge in [-0.25, -0.2) is 0 Å². The minimum absolute atomic E-state index is 0.315. The van der Waals surface area contributed by atoms with Crippen LogP contribution in [0.2, 0.25) is 0 Å². The molecule has 0 saturated carbocycles. The maximum Gasteiger partial charge on any atom is 0.307 e. The highest BCUT2D eigenvalue weighted by atomic mass is 16.4. The molecule has 0 aliphatic rings. The van der Waals surface area contributed by atoms with Crippen LogP contribution in [-0.2, 0) is 4.79 Å². The number of hydrogen-bond acceptors (Lipinski definition) is 1. The Bertz CT molecular complexity index is 121. The van der Waals surface area contributed by atoms with Gasteiger partial charge >= 0.3 is 5.97 Å². The van der Waals surface area contributed by atoms with Gasteiger partial charge in [-0.05, 0) is 0 Å². The molecule has 0 amide bonds. The van der Waals surface area contributed by atoms with E-state index in [1.165, 1.54) is 0 Å². The molecule has 0 heterocycles. The van der Waals surface area contributed by atoms with E-state index in [0.717, 1.165) is 0 Å². The van der Waals surface area contributed by atoms with E-state index in [-0.39, 0.29) is 0 Å². The zero-order valence-corrected chi connectivity index (χ0v) is 4.72. The first-order chi connectivity index (χ1) is 3.68. The lowest BCUT2D eigenvalue weighted by molar-refractivity contribution is -0.140. The van der Waals surface area contributed by atoms with E-state index >= 15 is 0 Å². The normalized spacial score (nSPS) is 12.0. The van der Waals surface area contributed by atoms with E-state index in [2.05, 4.69) is 5.92 Å². The molecule has 0 saturated heterocycles. The van der Waals surface area contributed by atoms with Crippen LogP contribution in [0.5, 0.6) is 0 Å². The zero-order chi connectivity index (χ0) is 6.57. The molecule has 0 aromatic heterocycles. The summed E-state index contributed by atoms with van der Waals surface area (Å²) in [5.41, 5.74) is 0. The molecule has 0 rings (SSSR count). The van der Waals surface area contributed by atoms with E-state index in [1.807, 2.05) is 0 Å². The molecular formula is C6H8O2. The molecule has 0 bridgehead atoms. The third-order valence-electron chi connectivity index (χ3n) is 0.846. The van der Waals surface area contributed by atoms with Crippen molar-refractivity contribution in [2.45, 2.75) is 13.3 Å². The largest absolute Gasteiger partial charge is 0.481 e. The Morgan fingerprint density at radius 3 is 2.62 bits per heavy atom. The number of carbonyl (C=O) groups is 1. The van der Waals surface area contributed by atoms with Crippen molar-refractivity contribution in [2.24, 2.45) is 5.92 Å². The van der Waals surface area contributed by atoms with Crippen LogP contribution < -0.4 is 0 Å². The summed E-state index contributed by atoms with van der Waals surface area (Å²) >= 11 is 0. The second kappa shape index (κ2) is 3.09. The Morgan fingerprint density at radius 2 is 2.50 bits per heavy atom. The highest BCUT2D eigenvalue weighted by molar-refractivity contribution is 5.69. The van der Waals surface area contributed by atoms with Gasteiger partial charge in [0.1, 0.15) is 0 Å². The first-order valence-corrected chi connectivity index (χ1v) is 2.34. The van der Waals surface area contributed by atoms with Crippen molar-refractivity contribution in [1.82, 2.24) is 0 Å². The first kappa shape index (κ1) is 7.03. The lowest BCUT2D eigenvalue weighted by Gasteiger charge is -1.96. The molecule has 0 radical (unpaired) electrons. The summed E-state index contributed by atoms with van der Waals surface area (Å²) in [4.78, 5) is 9.99. The van der Waals surface area contributed by atoms with Crippen LogP contribution in [0, 0.1) is 18.3 Å². The van der Waals surface area contributed by atoms with Crippen molar-refractivity contribution in [3.05, 3.63) is 0 Å². The molecule has 0 aliphatic heterocycles. The number of carboxylic acid groups (broad SMARTS) is 1. The van der Waals surface area contributed by atoms with Gasteiger partial charge in [-0.15, -0.1) is 12.3 Å². The molecule has 2 nitrogen and oxygen atoms in total. The smallest absolute Gasteiger partial charge is 0.307 e. The summed E-state index contributed by atoms with van der Waals surface area (Å²) in [6, 6.07) is 0. The Balaban J connectivity index is 3.52. The number of aliphatic carboxylic acids is 1. The highest BCUT2D eigenvalue weighted by Gasteiger charge is 2.06. The molecule has 44 valence electrons. The molecule has 1 N–H and O–H groups in total. The van der Waals surface area contributed by atoms with Crippen LogP contribution in [0.1, 0.15) is 13.3 Å². The van der Waals surface area contributed by atoms with Gasteiger partial charge in [0.05, 0.1) is 5.92 Å².